The summed E-state index contributed by atoms with van der Waals surface area (Å²) in [5.74, 6) is 2.29. The summed E-state index contributed by atoms with van der Waals surface area (Å²) < 4.78 is 5.39. The van der Waals surface area contributed by atoms with Crippen LogP contribution < -0.4 is 16.0 Å². The van der Waals surface area contributed by atoms with Crippen LogP contribution in [0.25, 0.3) is 11.3 Å². The molecule has 28 heavy (non-hydrogen) atoms. The van der Waals surface area contributed by atoms with Gasteiger partial charge < -0.3 is 20.7 Å². The fourth-order valence-corrected chi connectivity index (χ4v) is 3.48. The molecule has 0 amide bonds. The van der Waals surface area contributed by atoms with Crippen LogP contribution in [0, 0.1) is 5.92 Å². The Morgan fingerprint density at radius 3 is 2.64 bits per heavy atom. The second-order valence-electron chi connectivity index (χ2n) is 7.10. The Balaban J connectivity index is 0.000000391. The molecule has 7 heteroatoms. The molecule has 0 aliphatic carbocycles. The van der Waals surface area contributed by atoms with Crippen LogP contribution in [0.5, 0.6) is 0 Å². The second-order valence-corrected chi connectivity index (χ2v) is 7.51. The van der Waals surface area contributed by atoms with Crippen LogP contribution >= 0.6 is 11.6 Å². The van der Waals surface area contributed by atoms with Crippen molar-refractivity contribution >= 4 is 23.2 Å². The lowest BCUT2D eigenvalue weighted by Gasteiger charge is -2.22. The zero-order valence-electron chi connectivity index (χ0n) is 16.5. The smallest absolute Gasteiger partial charge is 0.126 e. The first-order valence-corrected chi connectivity index (χ1v) is 10.5. The molecule has 3 N–H and O–H groups in total. The van der Waals surface area contributed by atoms with E-state index in [-0.39, 0.29) is 0 Å². The van der Waals surface area contributed by atoms with E-state index in [0.717, 1.165) is 55.5 Å². The lowest BCUT2D eigenvalue weighted by atomic mass is 10.0. The van der Waals surface area contributed by atoms with Gasteiger partial charge in [-0.25, -0.2) is 9.97 Å². The molecule has 4 rings (SSSR count). The molecular formula is C21H30ClN5O. The monoisotopic (exact) mass is 403 g/mol. The zero-order valence-corrected chi connectivity index (χ0v) is 17.3. The summed E-state index contributed by atoms with van der Waals surface area (Å²) in [6, 6.07) is 7.84. The number of nitrogens with one attached hydrogen (secondary N) is 3. The zero-order chi connectivity index (χ0) is 19.6. The maximum Gasteiger partial charge on any atom is 0.126 e. The number of hydrogen-bond donors (Lipinski definition) is 3. The van der Waals surface area contributed by atoms with Gasteiger partial charge in [-0.1, -0.05) is 17.7 Å². The number of pyridine rings is 2. The number of nitrogens with zero attached hydrogens (tertiary/aromatic N) is 2. The van der Waals surface area contributed by atoms with E-state index >= 15 is 0 Å². The molecule has 0 atom stereocenters. The number of ether oxygens (including phenoxy) is 1. The summed E-state index contributed by atoms with van der Waals surface area (Å²) in [7, 11) is 1.83. The van der Waals surface area contributed by atoms with E-state index in [1.165, 1.54) is 25.9 Å². The van der Waals surface area contributed by atoms with Crippen LogP contribution in [0.3, 0.4) is 0 Å². The fraction of sp³-hybridized carbons (Fsp3) is 0.524. The number of hydrogen-bond acceptors (Lipinski definition) is 6. The molecule has 4 heterocycles. The maximum atomic E-state index is 6.27. The van der Waals surface area contributed by atoms with Crippen molar-refractivity contribution in [2.45, 2.75) is 25.7 Å². The van der Waals surface area contributed by atoms with Gasteiger partial charge in [-0.3, -0.25) is 0 Å². The Morgan fingerprint density at radius 2 is 1.96 bits per heavy atom. The topological polar surface area (TPSA) is 71.1 Å². The molecule has 2 aliphatic rings. The van der Waals surface area contributed by atoms with E-state index in [0.29, 0.717) is 10.9 Å². The van der Waals surface area contributed by atoms with Crippen molar-refractivity contribution < 1.29 is 4.74 Å². The van der Waals surface area contributed by atoms with Gasteiger partial charge in [0, 0.05) is 38.6 Å². The van der Waals surface area contributed by atoms with Crippen LogP contribution in [-0.2, 0) is 4.74 Å². The molecule has 2 saturated heterocycles. The summed E-state index contributed by atoms with van der Waals surface area (Å²) in [6.07, 6.45) is 6.63. The fourth-order valence-electron chi connectivity index (χ4n) is 3.28. The molecule has 0 aromatic carbocycles. The molecule has 0 spiro atoms. The highest BCUT2D eigenvalue weighted by Gasteiger charge is 2.14. The summed E-state index contributed by atoms with van der Waals surface area (Å²) in [6.45, 7) is 5.14. The Kier molecular flexibility index (Phi) is 8.33. The van der Waals surface area contributed by atoms with Crippen LogP contribution in [0.15, 0.2) is 30.5 Å². The Labute approximate surface area is 172 Å². The highest BCUT2D eigenvalue weighted by atomic mass is 35.5. The summed E-state index contributed by atoms with van der Waals surface area (Å²) >= 11 is 6.27. The number of aromatic nitrogens is 2. The molecule has 0 unspecified atom stereocenters. The Morgan fingerprint density at radius 1 is 1.18 bits per heavy atom. The summed E-state index contributed by atoms with van der Waals surface area (Å²) in [5, 5.41) is 10.3. The minimum absolute atomic E-state index is 0.595. The van der Waals surface area contributed by atoms with E-state index < -0.39 is 0 Å². The predicted molar refractivity (Wildman–Crippen MR) is 116 cm³/mol. The molecule has 0 radical (unpaired) electrons. The van der Waals surface area contributed by atoms with E-state index in [2.05, 4.69) is 25.9 Å². The van der Waals surface area contributed by atoms with Gasteiger partial charge in [0.25, 0.3) is 0 Å². The predicted octanol–water partition coefficient (Wildman–Crippen LogP) is 4.05. The highest BCUT2D eigenvalue weighted by Crippen LogP contribution is 2.28. The molecule has 2 aliphatic heterocycles. The average Bonchev–Trinajstić information content (AvgIpc) is 3.34. The third-order valence-electron chi connectivity index (χ3n) is 5.01. The average molecular weight is 404 g/mol. The maximum absolute atomic E-state index is 6.27. The molecule has 0 bridgehead atoms. The van der Waals surface area contributed by atoms with Gasteiger partial charge in [0.1, 0.15) is 11.6 Å². The molecule has 2 aromatic heterocycles. The second kappa shape index (κ2) is 11.2. The van der Waals surface area contributed by atoms with Gasteiger partial charge in [0.15, 0.2) is 0 Å². The van der Waals surface area contributed by atoms with Gasteiger partial charge in [0.05, 0.1) is 10.7 Å². The Hall–Kier alpha value is -1.89. The van der Waals surface area contributed by atoms with Gasteiger partial charge in [0.2, 0.25) is 0 Å². The third-order valence-corrected chi connectivity index (χ3v) is 5.31. The van der Waals surface area contributed by atoms with Crippen LogP contribution in [0.1, 0.15) is 25.7 Å². The SMILES string of the molecule is C1CCNC1.CNc1cc(-c2cccc(NCC3CCOCC3)n2)c(Cl)cn1. The first kappa shape index (κ1) is 20.8. The van der Waals surface area contributed by atoms with Crippen molar-refractivity contribution in [3.63, 3.8) is 0 Å². The van der Waals surface area contributed by atoms with Crippen LogP contribution in [-0.4, -0.2) is 49.9 Å². The first-order valence-electron chi connectivity index (χ1n) is 10.1. The van der Waals surface area contributed by atoms with Gasteiger partial charge in [-0.15, -0.1) is 0 Å². The molecule has 152 valence electrons. The van der Waals surface area contributed by atoms with Crippen molar-refractivity contribution in [3.05, 3.63) is 35.5 Å². The summed E-state index contributed by atoms with van der Waals surface area (Å²) in [4.78, 5) is 8.89. The van der Waals surface area contributed by atoms with Crippen molar-refractivity contribution in [3.8, 4) is 11.3 Å². The quantitative estimate of drug-likeness (QED) is 0.699. The van der Waals surface area contributed by atoms with Crippen LogP contribution in [0.2, 0.25) is 5.02 Å². The normalized spacial score (nSPS) is 16.9. The van der Waals surface area contributed by atoms with Crippen molar-refractivity contribution in [2.24, 2.45) is 5.92 Å². The molecule has 6 nitrogen and oxygen atoms in total. The third kappa shape index (κ3) is 6.33. The lowest BCUT2D eigenvalue weighted by molar-refractivity contribution is 0.0699. The van der Waals surface area contributed by atoms with E-state index in [9.17, 15) is 0 Å². The number of rotatable bonds is 5. The lowest BCUT2D eigenvalue weighted by Crippen LogP contribution is -2.22. The van der Waals surface area contributed by atoms with E-state index in [4.69, 9.17) is 16.3 Å². The van der Waals surface area contributed by atoms with Crippen molar-refractivity contribution in [2.75, 3.05) is 50.5 Å². The molecule has 2 fully saturated rings. The van der Waals surface area contributed by atoms with Crippen molar-refractivity contribution in [1.82, 2.24) is 15.3 Å². The van der Waals surface area contributed by atoms with Crippen molar-refractivity contribution in [1.29, 1.82) is 0 Å². The molecule has 2 aromatic rings. The van der Waals surface area contributed by atoms with Gasteiger partial charge in [-0.05, 0) is 62.9 Å². The summed E-state index contributed by atoms with van der Waals surface area (Å²) in [5.41, 5.74) is 1.71. The number of halogens is 1. The van der Waals surface area contributed by atoms with E-state index in [1.54, 1.807) is 6.20 Å². The minimum atomic E-state index is 0.595. The standard InChI is InChI=1S/C17H21ClN4O.C4H9N/c1-19-17-9-13(14(18)11-21-17)15-3-2-4-16(22-15)20-10-12-5-7-23-8-6-12;1-2-4-5-3-1/h2-4,9,11-12H,5-8,10H2,1H3,(H,19,21)(H,20,22);5H,1-4H2. The Bertz CT molecular complexity index is 725. The minimum Gasteiger partial charge on any atom is -0.381 e. The molecule has 0 saturated carbocycles. The van der Waals surface area contributed by atoms with Crippen LogP contribution in [0.4, 0.5) is 11.6 Å². The largest absolute Gasteiger partial charge is 0.381 e. The molecular weight excluding hydrogens is 374 g/mol. The van der Waals surface area contributed by atoms with E-state index in [1.807, 2.05) is 31.3 Å². The first-order chi connectivity index (χ1) is 13.8. The number of anilines is 2. The van der Waals surface area contributed by atoms with Gasteiger partial charge in [-0.2, -0.15) is 0 Å². The van der Waals surface area contributed by atoms with Gasteiger partial charge >= 0.3 is 0 Å². The highest BCUT2D eigenvalue weighted by molar-refractivity contribution is 6.33.